The van der Waals surface area contributed by atoms with Crippen LogP contribution in [0.3, 0.4) is 0 Å². The molecule has 0 spiro atoms. The lowest BCUT2D eigenvalue weighted by Gasteiger charge is -2.02. The van der Waals surface area contributed by atoms with E-state index in [1.54, 1.807) is 17.8 Å². The summed E-state index contributed by atoms with van der Waals surface area (Å²) in [7, 11) is 0. The molecule has 1 aromatic carbocycles. The molecule has 2 rings (SSSR count). The van der Waals surface area contributed by atoms with Gasteiger partial charge >= 0.3 is 5.97 Å². The van der Waals surface area contributed by atoms with Crippen LogP contribution in [0.15, 0.2) is 48.5 Å². The van der Waals surface area contributed by atoms with Gasteiger partial charge in [-0.1, -0.05) is 36.4 Å². The Morgan fingerprint density at radius 2 is 1.83 bits per heavy atom. The molecule has 2 aromatic rings. The van der Waals surface area contributed by atoms with Crippen LogP contribution in [0.1, 0.15) is 21.7 Å². The minimum absolute atomic E-state index is 0.104. The average molecular weight is 259 g/mol. The number of hydrogen-bond acceptors (Lipinski definition) is 3. The summed E-state index contributed by atoms with van der Waals surface area (Å²) in [6, 6.07) is 15.3. The number of carbonyl (C=O) groups is 1. The maximum Gasteiger partial charge on any atom is 0.354 e. The molecule has 0 aliphatic heterocycles. The van der Waals surface area contributed by atoms with Crippen LogP contribution in [0.4, 0.5) is 0 Å². The van der Waals surface area contributed by atoms with E-state index in [4.69, 9.17) is 5.11 Å². The predicted octanol–water partition coefficient (Wildman–Crippen LogP) is 3.21. The maximum absolute atomic E-state index is 10.8. The summed E-state index contributed by atoms with van der Waals surface area (Å²) < 4.78 is 0. The first-order valence-electron chi connectivity index (χ1n) is 5.56. The fourth-order valence-corrected chi connectivity index (χ4v) is 2.43. The lowest BCUT2D eigenvalue weighted by Crippen LogP contribution is -2.01. The third-order valence-electron chi connectivity index (χ3n) is 2.39. The monoisotopic (exact) mass is 259 g/mol. The topological polar surface area (TPSA) is 50.2 Å². The molecular weight excluding hydrogens is 246 g/mol. The van der Waals surface area contributed by atoms with Crippen LogP contribution in [-0.4, -0.2) is 16.1 Å². The van der Waals surface area contributed by atoms with Crippen LogP contribution in [0.25, 0.3) is 0 Å². The molecule has 0 atom stereocenters. The second-order valence-corrected chi connectivity index (χ2v) is 4.78. The van der Waals surface area contributed by atoms with Gasteiger partial charge in [0.25, 0.3) is 0 Å². The Morgan fingerprint density at radius 1 is 1.06 bits per heavy atom. The van der Waals surface area contributed by atoms with Crippen molar-refractivity contribution in [2.24, 2.45) is 0 Å². The zero-order chi connectivity index (χ0) is 12.8. The molecule has 3 nitrogen and oxygen atoms in total. The van der Waals surface area contributed by atoms with E-state index >= 15 is 0 Å². The van der Waals surface area contributed by atoms with Gasteiger partial charge < -0.3 is 5.11 Å². The normalized spacial score (nSPS) is 10.2. The Balaban J connectivity index is 1.90. The first-order chi connectivity index (χ1) is 8.75. The highest BCUT2D eigenvalue weighted by molar-refractivity contribution is 7.97. The Kier molecular flexibility index (Phi) is 4.36. The first kappa shape index (κ1) is 12.6. The van der Waals surface area contributed by atoms with E-state index in [9.17, 15) is 4.79 Å². The smallest absolute Gasteiger partial charge is 0.354 e. The summed E-state index contributed by atoms with van der Waals surface area (Å²) in [6.45, 7) is 0. The molecule has 4 heteroatoms. The number of hydrogen-bond donors (Lipinski definition) is 1. The maximum atomic E-state index is 10.8. The number of thioether (sulfide) groups is 1. The molecule has 0 amide bonds. The highest BCUT2D eigenvalue weighted by Gasteiger charge is 2.04. The van der Waals surface area contributed by atoms with E-state index in [-0.39, 0.29) is 5.69 Å². The van der Waals surface area contributed by atoms with Crippen molar-refractivity contribution in [1.29, 1.82) is 0 Å². The lowest BCUT2D eigenvalue weighted by molar-refractivity contribution is 0.0690. The Morgan fingerprint density at radius 3 is 2.56 bits per heavy atom. The van der Waals surface area contributed by atoms with Crippen molar-refractivity contribution in [2.45, 2.75) is 11.5 Å². The van der Waals surface area contributed by atoms with E-state index < -0.39 is 5.97 Å². The SMILES string of the molecule is O=C(O)c1cccc(CSCc2ccccc2)n1. The van der Waals surface area contributed by atoms with Gasteiger partial charge in [0.1, 0.15) is 5.69 Å². The number of pyridine rings is 1. The summed E-state index contributed by atoms with van der Waals surface area (Å²) in [5.74, 6) is 0.639. The van der Waals surface area contributed by atoms with Crippen LogP contribution in [0.5, 0.6) is 0 Å². The zero-order valence-electron chi connectivity index (χ0n) is 9.74. The van der Waals surface area contributed by atoms with Gasteiger partial charge in [-0.05, 0) is 17.7 Å². The van der Waals surface area contributed by atoms with Crippen molar-refractivity contribution in [3.8, 4) is 0 Å². The van der Waals surface area contributed by atoms with Crippen LogP contribution in [0, 0.1) is 0 Å². The highest BCUT2D eigenvalue weighted by Crippen LogP contribution is 2.16. The number of carboxylic acid groups (broad SMARTS) is 1. The fraction of sp³-hybridized carbons (Fsp3) is 0.143. The molecule has 1 aromatic heterocycles. The van der Waals surface area contributed by atoms with Gasteiger partial charge in [0, 0.05) is 11.5 Å². The highest BCUT2D eigenvalue weighted by atomic mass is 32.2. The fourth-order valence-electron chi connectivity index (χ4n) is 1.53. The lowest BCUT2D eigenvalue weighted by atomic mass is 10.2. The van der Waals surface area contributed by atoms with Crippen LogP contribution in [-0.2, 0) is 11.5 Å². The van der Waals surface area contributed by atoms with Crippen molar-refractivity contribution < 1.29 is 9.90 Å². The van der Waals surface area contributed by atoms with Crippen LogP contribution >= 0.6 is 11.8 Å². The molecule has 92 valence electrons. The third kappa shape index (κ3) is 3.60. The number of benzene rings is 1. The molecule has 0 aliphatic carbocycles. The van der Waals surface area contributed by atoms with Crippen molar-refractivity contribution in [1.82, 2.24) is 4.98 Å². The summed E-state index contributed by atoms with van der Waals surface area (Å²) in [4.78, 5) is 14.9. The van der Waals surface area contributed by atoms with E-state index in [0.717, 1.165) is 17.2 Å². The summed E-state index contributed by atoms with van der Waals surface area (Å²) >= 11 is 1.72. The summed E-state index contributed by atoms with van der Waals surface area (Å²) in [6.07, 6.45) is 0. The molecule has 0 fully saturated rings. The number of nitrogens with zero attached hydrogens (tertiary/aromatic N) is 1. The van der Waals surface area contributed by atoms with Gasteiger partial charge in [-0.15, -0.1) is 0 Å². The number of rotatable bonds is 5. The number of aromatic carboxylic acids is 1. The molecule has 0 bridgehead atoms. The molecule has 18 heavy (non-hydrogen) atoms. The third-order valence-corrected chi connectivity index (χ3v) is 3.42. The zero-order valence-corrected chi connectivity index (χ0v) is 10.6. The Labute approximate surface area is 110 Å². The molecule has 0 radical (unpaired) electrons. The van der Waals surface area contributed by atoms with Crippen molar-refractivity contribution in [3.63, 3.8) is 0 Å². The molecule has 1 N–H and O–H groups in total. The quantitative estimate of drug-likeness (QED) is 0.895. The minimum atomic E-state index is -0.982. The van der Waals surface area contributed by atoms with Gasteiger partial charge in [0.15, 0.2) is 0 Å². The Bertz CT molecular complexity index is 528. The molecular formula is C14H13NO2S. The predicted molar refractivity (Wildman–Crippen MR) is 72.6 cm³/mol. The van der Waals surface area contributed by atoms with Crippen molar-refractivity contribution in [2.75, 3.05) is 0 Å². The van der Waals surface area contributed by atoms with E-state index in [0.29, 0.717) is 0 Å². The Hall–Kier alpha value is -1.81. The second-order valence-electron chi connectivity index (χ2n) is 3.80. The average Bonchev–Trinajstić information content (AvgIpc) is 2.40. The standard InChI is InChI=1S/C14H13NO2S/c16-14(17)13-8-4-7-12(15-13)10-18-9-11-5-2-1-3-6-11/h1-8H,9-10H2,(H,16,17). The van der Waals surface area contributed by atoms with E-state index in [1.807, 2.05) is 24.3 Å². The number of aromatic nitrogens is 1. The second kappa shape index (κ2) is 6.21. The van der Waals surface area contributed by atoms with Gasteiger partial charge in [-0.25, -0.2) is 9.78 Å². The molecule has 0 aliphatic rings. The van der Waals surface area contributed by atoms with Crippen molar-refractivity contribution in [3.05, 3.63) is 65.5 Å². The molecule has 0 saturated carbocycles. The molecule has 1 heterocycles. The summed E-state index contributed by atoms with van der Waals surface area (Å²) in [5.41, 5.74) is 2.17. The van der Waals surface area contributed by atoms with Crippen LogP contribution in [0.2, 0.25) is 0 Å². The van der Waals surface area contributed by atoms with Gasteiger partial charge in [-0.3, -0.25) is 0 Å². The number of carboxylic acids is 1. The van der Waals surface area contributed by atoms with Gasteiger partial charge in [0.05, 0.1) is 5.69 Å². The minimum Gasteiger partial charge on any atom is -0.477 e. The molecule has 0 saturated heterocycles. The van der Waals surface area contributed by atoms with Gasteiger partial charge in [-0.2, -0.15) is 11.8 Å². The molecule has 0 unspecified atom stereocenters. The van der Waals surface area contributed by atoms with E-state index in [2.05, 4.69) is 17.1 Å². The van der Waals surface area contributed by atoms with Crippen molar-refractivity contribution >= 4 is 17.7 Å². The van der Waals surface area contributed by atoms with Crippen LogP contribution < -0.4 is 0 Å². The van der Waals surface area contributed by atoms with Gasteiger partial charge in [0.2, 0.25) is 0 Å². The first-order valence-corrected chi connectivity index (χ1v) is 6.72. The largest absolute Gasteiger partial charge is 0.477 e. The van der Waals surface area contributed by atoms with E-state index in [1.165, 1.54) is 11.6 Å². The summed E-state index contributed by atoms with van der Waals surface area (Å²) in [5, 5.41) is 8.84.